The Bertz CT molecular complexity index is 1160. The standard InChI is InChI=1S/C25H28N4O4/c1-29(2)20-7-5-6-16(12-20)24(30)27-19-10-8-18(15-26)21(14-19)28-25(31)17-9-11-22(32-3)23(13-17)33-4/h5-14H,15,26H2,1-4H3,(H,27,30)(H,28,31). The summed E-state index contributed by atoms with van der Waals surface area (Å²) in [4.78, 5) is 27.6. The molecule has 0 aliphatic rings. The Balaban J connectivity index is 1.82. The summed E-state index contributed by atoms with van der Waals surface area (Å²) in [6, 6.07) is 17.4. The van der Waals surface area contributed by atoms with Crippen molar-refractivity contribution in [1.29, 1.82) is 0 Å². The average Bonchev–Trinajstić information content (AvgIpc) is 2.83. The Labute approximate surface area is 193 Å². The molecule has 8 nitrogen and oxygen atoms in total. The number of nitrogens with zero attached hydrogens (tertiary/aromatic N) is 1. The lowest BCUT2D eigenvalue weighted by Gasteiger charge is -2.15. The van der Waals surface area contributed by atoms with Gasteiger partial charge in [0.1, 0.15) is 0 Å². The monoisotopic (exact) mass is 448 g/mol. The first-order valence-corrected chi connectivity index (χ1v) is 10.3. The van der Waals surface area contributed by atoms with E-state index in [1.54, 1.807) is 42.5 Å². The van der Waals surface area contributed by atoms with Crippen LogP contribution in [0, 0.1) is 0 Å². The summed E-state index contributed by atoms with van der Waals surface area (Å²) in [5, 5.41) is 5.75. The minimum atomic E-state index is -0.340. The molecular formula is C25H28N4O4. The number of hydrogen-bond acceptors (Lipinski definition) is 6. The van der Waals surface area contributed by atoms with E-state index in [0.29, 0.717) is 34.0 Å². The van der Waals surface area contributed by atoms with Gasteiger partial charge in [0, 0.05) is 48.8 Å². The van der Waals surface area contributed by atoms with Gasteiger partial charge in [0.05, 0.1) is 14.2 Å². The smallest absolute Gasteiger partial charge is 0.255 e. The Kier molecular flexibility index (Phi) is 7.53. The van der Waals surface area contributed by atoms with Crippen molar-refractivity contribution in [3.05, 3.63) is 77.4 Å². The van der Waals surface area contributed by atoms with E-state index in [-0.39, 0.29) is 18.4 Å². The second kappa shape index (κ2) is 10.5. The van der Waals surface area contributed by atoms with Gasteiger partial charge < -0.3 is 30.7 Å². The number of nitrogens with two attached hydrogens (primary N) is 1. The number of rotatable bonds is 8. The molecule has 0 aromatic heterocycles. The van der Waals surface area contributed by atoms with E-state index < -0.39 is 0 Å². The van der Waals surface area contributed by atoms with E-state index in [0.717, 1.165) is 11.3 Å². The highest BCUT2D eigenvalue weighted by Crippen LogP contribution is 2.28. The molecule has 0 unspecified atom stereocenters. The van der Waals surface area contributed by atoms with Gasteiger partial charge in [0.25, 0.3) is 11.8 Å². The molecule has 0 heterocycles. The van der Waals surface area contributed by atoms with Crippen molar-refractivity contribution in [2.24, 2.45) is 5.73 Å². The van der Waals surface area contributed by atoms with Gasteiger partial charge in [-0.1, -0.05) is 12.1 Å². The van der Waals surface area contributed by atoms with Crippen LogP contribution in [0.1, 0.15) is 26.3 Å². The van der Waals surface area contributed by atoms with Crippen molar-refractivity contribution in [3.8, 4) is 11.5 Å². The Morgan fingerprint density at radius 3 is 2.21 bits per heavy atom. The largest absolute Gasteiger partial charge is 0.493 e. The van der Waals surface area contributed by atoms with Crippen LogP contribution in [-0.2, 0) is 6.54 Å². The highest BCUT2D eigenvalue weighted by Gasteiger charge is 2.14. The van der Waals surface area contributed by atoms with E-state index in [1.165, 1.54) is 14.2 Å². The molecule has 0 atom stereocenters. The Morgan fingerprint density at radius 1 is 0.848 bits per heavy atom. The van der Waals surface area contributed by atoms with Crippen LogP contribution in [0.15, 0.2) is 60.7 Å². The normalized spacial score (nSPS) is 10.3. The average molecular weight is 449 g/mol. The number of anilines is 3. The van der Waals surface area contributed by atoms with Gasteiger partial charge in [-0.3, -0.25) is 9.59 Å². The lowest BCUT2D eigenvalue weighted by atomic mass is 10.1. The summed E-state index contributed by atoms with van der Waals surface area (Å²) in [5.74, 6) is 0.383. The van der Waals surface area contributed by atoms with Gasteiger partial charge >= 0.3 is 0 Å². The molecule has 3 aromatic rings. The first kappa shape index (κ1) is 23.6. The molecule has 33 heavy (non-hydrogen) atoms. The number of amides is 2. The third-order valence-electron chi connectivity index (χ3n) is 5.11. The molecule has 0 spiro atoms. The minimum absolute atomic E-state index is 0.223. The summed E-state index contributed by atoms with van der Waals surface area (Å²) in [7, 11) is 6.86. The SMILES string of the molecule is COc1ccc(C(=O)Nc2cc(NC(=O)c3cccc(N(C)C)c3)ccc2CN)cc1OC. The van der Waals surface area contributed by atoms with E-state index in [9.17, 15) is 9.59 Å². The maximum absolute atomic E-state index is 12.9. The van der Waals surface area contributed by atoms with Crippen LogP contribution in [0.5, 0.6) is 11.5 Å². The molecule has 0 fully saturated rings. The number of benzene rings is 3. The first-order chi connectivity index (χ1) is 15.9. The van der Waals surface area contributed by atoms with E-state index in [1.807, 2.05) is 37.2 Å². The third-order valence-corrected chi connectivity index (χ3v) is 5.11. The van der Waals surface area contributed by atoms with Gasteiger partial charge in [-0.15, -0.1) is 0 Å². The quantitative estimate of drug-likeness (QED) is 0.485. The molecule has 0 aliphatic heterocycles. The maximum Gasteiger partial charge on any atom is 0.255 e. The fourth-order valence-electron chi connectivity index (χ4n) is 3.25. The van der Waals surface area contributed by atoms with Crippen molar-refractivity contribution in [1.82, 2.24) is 0 Å². The van der Waals surface area contributed by atoms with Crippen molar-refractivity contribution in [2.75, 3.05) is 43.8 Å². The maximum atomic E-state index is 12.9. The molecule has 2 amide bonds. The fraction of sp³-hybridized carbons (Fsp3) is 0.200. The number of carbonyl (C=O) groups is 2. The highest BCUT2D eigenvalue weighted by atomic mass is 16.5. The highest BCUT2D eigenvalue weighted by molar-refractivity contribution is 6.07. The van der Waals surface area contributed by atoms with E-state index in [4.69, 9.17) is 15.2 Å². The minimum Gasteiger partial charge on any atom is -0.493 e. The third kappa shape index (κ3) is 5.61. The van der Waals surface area contributed by atoms with Crippen LogP contribution in [-0.4, -0.2) is 40.1 Å². The van der Waals surface area contributed by atoms with Gasteiger partial charge in [-0.05, 0) is 54.1 Å². The molecule has 0 saturated carbocycles. The molecule has 0 saturated heterocycles. The zero-order chi connectivity index (χ0) is 24.0. The van der Waals surface area contributed by atoms with Crippen molar-refractivity contribution in [3.63, 3.8) is 0 Å². The molecule has 172 valence electrons. The van der Waals surface area contributed by atoms with Crippen LogP contribution < -0.4 is 30.7 Å². The summed E-state index contributed by atoms with van der Waals surface area (Å²) >= 11 is 0. The van der Waals surface area contributed by atoms with Crippen molar-refractivity contribution < 1.29 is 19.1 Å². The molecule has 0 bridgehead atoms. The first-order valence-electron chi connectivity index (χ1n) is 10.3. The number of methoxy groups -OCH3 is 2. The second-order valence-corrected chi connectivity index (χ2v) is 7.50. The molecule has 0 aliphatic carbocycles. The van der Waals surface area contributed by atoms with Gasteiger partial charge in [-0.25, -0.2) is 0 Å². The summed E-state index contributed by atoms with van der Waals surface area (Å²) in [6.45, 7) is 0.223. The van der Waals surface area contributed by atoms with Crippen LogP contribution in [0.4, 0.5) is 17.1 Å². The van der Waals surface area contributed by atoms with E-state index >= 15 is 0 Å². The zero-order valence-electron chi connectivity index (χ0n) is 19.1. The Morgan fingerprint density at radius 2 is 1.55 bits per heavy atom. The topological polar surface area (TPSA) is 106 Å². The Hall–Kier alpha value is -4.04. The predicted octanol–water partition coefficient (Wildman–Crippen LogP) is 3.73. The summed E-state index contributed by atoms with van der Waals surface area (Å²) in [5.41, 5.74) is 9.48. The second-order valence-electron chi connectivity index (χ2n) is 7.50. The molecule has 3 aromatic carbocycles. The van der Waals surface area contributed by atoms with Crippen LogP contribution in [0.25, 0.3) is 0 Å². The zero-order valence-corrected chi connectivity index (χ0v) is 19.1. The van der Waals surface area contributed by atoms with Crippen molar-refractivity contribution in [2.45, 2.75) is 6.54 Å². The van der Waals surface area contributed by atoms with Gasteiger partial charge in [0.15, 0.2) is 11.5 Å². The number of carbonyl (C=O) groups excluding carboxylic acids is 2. The summed E-state index contributed by atoms with van der Waals surface area (Å²) in [6.07, 6.45) is 0. The summed E-state index contributed by atoms with van der Waals surface area (Å²) < 4.78 is 10.5. The van der Waals surface area contributed by atoms with Gasteiger partial charge in [0.2, 0.25) is 0 Å². The van der Waals surface area contributed by atoms with E-state index in [2.05, 4.69) is 10.6 Å². The van der Waals surface area contributed by atoms with Crippen molar-refractivity contribution >= 4 is 28.9 Å². The molecule has 0 radical (unpaired) electrons. The van der Waals surface area contributed by atoms with Gasteiger partial charge in [-0.2, -0.15) is 0 Å². The predicted molar refractivity (Wildman–Crippen MR) is 131 cm³/mol. The molecule has 3 rings (SSSR count). The number of ether oxygens (including phenoxy) is 2. The van der Waals surface area contributed by atoms with Crippen LogP contribution >= 0.6 is 0 Å². The number of nitrogens with one attached hydrogen (secondary N) is 2. The molecule has 8 heteroatoms. The van der Waals surface area contributed by atoms with Crippen LogP contribution in [0.2, 0.25) is 0 Å². The van der Waals surface area contributed by atoms with Crippen LogP contribution in [0.3, 0.4) is 0 Å². The lowest BCUT2D eigenvalue weighted by Crippen LogP contribution is -2.16. The fourth-order valence-corrected chi connectivity index (χ4v) is 3.25. The molecular weight excluding hydrogens is 420 g/mol. The number of hydrogen-bond donors (Lipinski definition) is 3. The lowest BCUT2D eigenvalue weighted by molar-refractivity contribution is 0.101. The molecule has 4 N–H and O–H groups in total.